The van der Waals surface area contributed by atoms with E-state index in [1.807, 2.05) is 20.9 Å². The monoisotopic (exact) mass is 371 g/mol. The summed E-state index contributed by atoms with van der Waals surface area (Å²) < 4.78 is 73.5. The Morgan fingerprint density at radius 3 is 1.60 bits per heavy atom. The normalized spacial score (nSPS) is 17.5. The van der Waals surface area contributed by atoms with Gasteiger partial charge in [-0.1, -0.05) is 19.9 Å². The Labute approximate surface area is 143 Å². The number of rotatable bonds is 0. The van der Waals surface area contributed by atoms with Crippen LogP contribution in [-0.4, -0.2) is 23.9 Å². The molecule has 0 aromatic heterocycles. The molecule has 1 aliphatic rings. The summed E-state index contributed by atoms with van der Waals surface area (Å²) in [4.78, 5) is 12.5. The summed E-state index contributed by atoms with van der Waals surface area (Å²) in [6.07, 6.45) is -7.73. The van der Waals surface area contributed by atoms with E-state index in [1.54, 1.807) is 4.90 Å². The van der Waals surface area contributed by atoms with Crippen molar-refractivity contribution in [3.05, 3.63) is 34.9 Å². The molecule has 0 radical (unpaired) electrons. The Hall–Kier alpha value is -1.73. The third kappa shape index (κ3) is 6.59. The average Bonchev–Trinajstić information content (AvgIpc) is 2.79. The topological polar surface area (TPSA) is 20.3 Å². The number of benzene rings is 1. The number of hydrogen-bond acceptors (Lipinski definition) is 1. The highest BCUT2D eigenvalue weighted by molar-refractivity contribution is 5.78. The van der Waals surface area contributed by atoms with Crippen molar-refractivity contribution in [1.82, 2.24) is 4.90 Å². The van der Waals surface area contributed by atoms with Crippen LogP contribution in [0.1, 0.15) is 50.3 Å². The number of alkyl halides is 6. The molecule has 1 amide bonds. The van der Waals surface area contributed by atoms with Gasteiger partial charge >= 0.3 is 12.4 Å². The molecule has 1 saturated heterocycles. The zero-order valence-electron chi connectivity index (χ0n) is 14.8. The third-order valence-corrected chi connectivity index (χ3v) is 3.78. The molecule has 1 heterocycles. The van der Waals surface area contributed by atoms with Gasteiger partial charge in [-0.2, -0.15) is 26.3 Å². The lowest BCUT2D eigenvalue weighted by Crippen LogP contribution is -2.25. The number of carbonyl (C=O) groups excluding carboxylic acids is 1. The minimum absolute atomic E-state index is 0.289. The summed E-state index contributed by atoms with van der Waals surface area (Å²) in [5.41, 5.74) is -3.30. The van der Waals surface area contributed by atoms with Crippen molar-refractivity contribution in [2.75, 3.05) is 7.05 Å². The van der Waals surface area contributed by atoms with Crippen molar-refractivity contribution in [3.8, 4) is 0 Å². The molecule has 1 aliphatic heterocycles. The SMILES string of the molecule is CC.CC1CCC(=O)N1C.Cc1c(C(F)(F)F)cccc1C(F)(F)F. The van der Waals surface area contributed by atoms with Crippen LogP contribution in [0.15, 0.2) is 18.2 Å². The van der Waals surface area contributed by atoms with Gasteiger partial charge in [0.25, 0.3) is 0 Å². The van der Waals surface area contributed by atoms with Crippen molar-refractivity contribution in [2.24, 2.45) is 0 Å². The van der Waals surface area contributed by atoms with Gasteiger partial charge in [-0.05, 0) is 38.0 Å². The lowest BCUT2D eigenvalue weighted by atomic mass is 10.0. The molecule has 8 heteroatoms. The highest BCUT2D eigenvalue weighted by atomic mass is 19.4. The molecule has 2 rings (SSSR count). The first-order valence-corrected chi connectivity index (χ1v) is 7.85. The highest BCUT2D eigenvalue weighted by Gasteiger charge is 2.38. The average molecular weight is 371 g/mol. The van der Waals surface area contributed by atoms with E-state index in [0.717, 1.165) is 25.8 Å². The zero-order valence-corrected chi connectivity index (χ0v) is 14.8. The summed E-state index contributed by atoms with van der Waals surface area (Å²) in [6, 6.07) is 2.48. The maximum Gasteiger partial charge on any atom is 0.416 e. The summed E-state index contributed by atoms with van der Waals surface area (Å²) in [7, 11) is 1.86. The van der Waals surface area contributed by atoms with Crippen molar-refractivity contribution >= 4 is 5.91 Å². The molecule has 0 aliphatic carbocycles. The van der Waals surface area contributed by atoms with Gasteiger partial charge in [0.1, 0.15) is 0 Å². The Kier molecular flexibility index (Phi) is 8.47. The molecule has 0 bridgehead atoms. The van der Waals surface area contributed by atoms with Crippen molar-refractivity contribution in [1.29, 1.82) is 0 Å². The molecule has 1 atom stereocenters. The van der Waals surface area contributed by atoms with Gasteiger partial charge in [0, 0.05) is 19.5 Å². The summed E-state index contributed by atoms with van der Waals surface area (Å²) in [6.45, 7) is 6.89. The van der Waals surface area contributed by atoms with E-state index >= 15 is 0 Å². The number of nitrogens with zero attached hydrogens (tertiary/aromatic N) is 1. The van der Waals surface area contributed by atoms with E-state index in [1.165, 1.54) is 0 Å². The molecule has 1 unspecified atom stereocenters. The Bertz CT molecular complexity index is 533. The molecule has 1 fully saturated rings. The van der Waals surface area contributed by atoms with Gasteiger partial charge in [-0.3, -0.25) is 4.79 Å². The first kappa shape index (κ1) is 23.3. The Balaban J connectivity index is 0.000000483. The van der Waals surface area contributed by atoms with Gasteiger partial charge in [-0.25, -0.2) is 0 Å². The molecule has 1 aromatic carbocycles. The summed E-state index contributed by atoms with van der Waals surface area (Å²) in [5.74, 6) is 0.289. The van der Waals surface area contributed by atoms with Crippen LogP contribution < -0.4 is 0 Å². The summed E-state index contributed by atoms with van der Waals surface area (Å²) >= 11 is 0. The molecule has 25 heavy (non-hydrogen) atoms. The maximum absolute atomic E-state index is 12.2. The molecular weight excluding hydrogens is 348 g/mol. The van der Waals surface area contributed by atoms with Gasteiger partial charge < -0.3 is 4.90 Å². The standard InChI is InChI=1S/C9H6F6.C6H11NO.C2H6/c1-5-6(8(10,11)12)3-2-4-7(5)9(13,14)15;1-5-3-4-6(8)7(5)2;1-2/h2-4H,1H3;5H,3-4H2,1-2H3;1-2H3. The fourth-order valence-electron chi connectivity index (χ4n) is 2.20. The minimum atomic E-state index is -4.76. The zero-order chi connectivity index (χ0) is 20.0. The fourth-order valence-corrected chi connectivity index (χ4v) is 2.20. The van der Waals surface area contributed by atoms with Crippen LogP contribution in [0.3, 0.4) is 0 Å². The van der Waals surface area contributed by atoms with Crippen LogP contribution in [-0.2, 0) is 17.1 Å². The molecule has 1 aromatic rings. The van der Waals surface area contributed by atoms with E-state index in [2.05, 4.69) is 6.92 Å². The predicted octanol–water partition coefficient (Wildman–Crippen LogP) is 5.69. The van der Waals surface area contributed by atoms with E-state index in [0.29, 0.717) is 18.2 Å². The van der Waals surface area contributed by atoms with Crippen molar-refractivity contribution in [3.63, 3.8) is 0 Å². The highest BCUT2D eigenvalue weighted by Crippen LogP contribution is 2.38. The second-order valence-electron chi connectivity index (χ2n) is 5.37. The molecule has 0 N–H and O–H groups in total. The largest absolute Gasteiger partial charge is 0.416 e. The van der Waals surface area contributed by atoms with Crippen LogP contribution >= 0.6 is 0 Å². The van der Waals surface area contributed by atoms with Crippen LogP contribution in [0.25, 0.3) is 0 Å². The molecular formula is C17H23F6NO. The minimum Gasteiger partial charge on any atom is -0.343 e. The third-order valence-electron chi connectivity index (χ3n) is 3.78. The second kappa shape index (κ2) is 9.10. The van der Waals surface area contributed by atoms with E-state index in [-0.39, 0.29) is 5.91 Å². The first-order chi connectivity index (χ1) is 11.4. The van der Waals surface area contributed by atoms with Crippen LogP contribution in [0.4, 0.5) is 26.3 Å². The number of likely N-dealkylation sites (tertiary alicyclic amines) is 1. The smallest absolute Gasteiger partial charge is 0.343 e. The van der Waals surface area contributed by atoms with Crippen molar-refractivity contribution < 1.29 is 31.1 Å². The Morgan fingerprint density at radius 1 is 1.00 bits per heavy atom. The van der Waals surface area contributed by atoms with Crippen LogP contribution in [0.2, 0.25) is 0 Å². The number of halogens is 6. The van der Waals surface area contributed by atoms with E-state index < -0.39 is 29.0 Å². The lowest BCUT2D eigenvalue weighted by Gasteiger charge is -2.15. The van der Waals surface area contributed by atoms with Crippen LogP contribution in [0, 0.1) is 6.92 Å². The number of amides is 1. The molecule has 0 saturated carbocycles. The van der Waals surface area contributed by atoms with E-state index in [9.17, 15) is 31.1 Å². The maximum atomic E-state index is 12.2. The van der Waals surface area contributed by atoms with Gasteiger partial charge in [0.15, 0.2) is 0 Å². The lowest BCUT2D eigenvalue weighted by molar-refractivity contribution is -0.144. The van der Waals surface area contributed by atoms with Gasteiger partial charge in [0.05, 0.1) is 11.1 Å². The molecule has 0 spiro atoms. The molecule has 144 valence electrons. The Morgan fingerprint density at radius 2 is 1.40 bits per heavy atom. The van der Waals surface area contributed by atoms with E-state index in [4.69, 9.17) is 0 Å². The predicted molar refractivity (Wildman–Crippen MR) is 84.0 cm³/mol. The number of carbonyl (C=O) groups is 1. The quantitative estimate of drug-likeness (QED) is 0.537. The molecule has 2 nitrogen and oxygen atoms in total. The summed E-state index contributed by atoms with van der Waals surface area (Å²) in [5, 5.41) is 0. The number of hydrogen-bond donors (Lipinski definition) is 0. The second-order valence-corrected chi connectivity index (χ2v) is 5.37. The van der Waals surface area contributed by atoms with Crippen molar-refractivity contribution in [2.45, 2.75) is 58.9 Å². The van der Waals surface area contributed by atoms with Crippen LogP contribution in [0.5, 0.6) is 0 Å². The first-order valence-electron chi connectivity index (χ1n) is 7.85. The van der Waals surface area contributed by atoms with Gasteiger partial charge in [-0.15, -0.1) is 0 Å². The van der Waals surface area contributed by atoms with Gasteiger partial charge in [0.2, 0.25) is 5.91 Å². The fraction of sp³-hybridized carbons (Fsp3) is 0.588.